The van der Waals surface area contributed by atoms with Crippen LogP contribution in [-0.4, -0.2) is 60.3 Å². The van der Waals surface area contributed by atoms with Gasteiger partial charge in [-0.05, 0) is 72.4 Å². The van der Waals surface area contributed by atoms with E-state index in [4.69, 9.17) is 4.74 Å². The standard InChI is InChI=1S/C29H28N6O2.2ClH/c1-34-11-13-35(14-12-34)28-10-5-19(18-30-28)4-8-26-22-7-3-20(16-27(22)33-32-26)15-24-23-17-21(37-2)6-9-25(23)31-29(24)36;;/h3-10,15-18,31,36H,11-14H2,1-2H3;2*1H/b8-4+,20-15?;;. The minimum absolute atomic E-state index is 0. The second kappa shape index (κ2) is 11.9. The molecule has 0 radical (unpaired) electrons. The molecular formula is C29H30Cl2N6O2. The number of piperazine rings is 1. The number of nitrogens with one attached hydrogen (secondary N) is 1. The van der Waals surface area contributed by atoms with Gasteiger partial charge >= 0.3 is 0 Å². The zero-order valence-electron chi connectivity index (χ0n) is 21.7. The second-order valence-corrected chi connectivity index (χ2v) is 9.38. The molecule has 1 fully saturated rings. The molecule has 0 bridgehead atoms. The van der Waals surface area contributed by atoms with Gasteiger partial charge in [0.05, 0.1) is 18.5 Å². The van der Waals surface area contributed by atoms with E-state index in [1.807, 2.05) is 60.8 Å². The highest BCUT2D eigenvalue weighted by Crippen LogP contribution is 2.30. The third kappa shape index (κ3) is 5.78. The number of fused-ring (bicyclic) bond motifs is 2. The van der Waals surface area contributed by atoms with Crippen LogP contribution in [0.5, 0.6) is 11.6 Å². The van der Waals surface area contributed by atoms with E-state index in [-0.39, 0.29) is 30.7 Å². The van der Waals surface area contributed by atoms with Gasteiger partial charge in [0.2, 0.25) is 0 Å². The molecule has 6 rings (SSSR count). The summed E-state index contributed by atoms with van der Waals surface area (Å²) in [7, 11) is 3.78. The van der Waals surface area contributed by atoms with Gasteiger partial charge in [0.1, 0.15) is 11.6 Å². The first-order valence-electron chi connectivity index (χ1n) is 12.3. The molecule has 10 heteroatoms. The Balaban J connectivity index is 0.00000176. The van der Waals surface area contributed by atoms with Crippen LogP contribution < -0.4 is 20.1 Å². The Labute approximate surface area is 238 Å². The number of anilines is 1. The van der Waals surface area contributed by atoms with Gasteiger partial charge in [-0.2, -0.15) is 0 Å². The molecule has 202 valence electrons. The fraction of sp³-hybridized carbons (Fsp3) is 0.207. The first-order chi connectivity index (χ1) is 18.1. The minimum atomic E-state index is 0. The maximum atomic E-state index is 10.5. The smallest absolute Gasteiger partial charge is 0.196 e. The molecule has 2 aliphatic heterocycles. The number of hydrogen-bond donors (Lipinski definition) is 2. The Morgan fingerprint density at radius 3 is 2.51 bits per heavy atom. The number of H-pyrrole nitrogens is 1. The van der Waals surface area contributed by atoms with E-state index in [0.717, 1.165) is 76.0 Å². The van der Waals surface area contributed by atoms with E-state index in [1.165, 1.54) is 0 Å². The number of hydrogen-bond acceptors (Lipinski definition) is 7. The van der Waals surface area contributed by atoms with Gasteiger partial charge in [0, 0.05) is 54.1 Å². The first kappa shape index (κ1) is 28.2. The van der Waals surface area contributed by atoms with Crippen LogP contribution in [0.25, 0.3) is 28.8 Å². The van der Waals surface area contributed by atoms with E-state index in [9.17, 15) is 5.11 Å². The van der Waals surface area contributed by atoms with Crippen LogP contribution >= 0.6 is 24.8 Å². The predicted octanol–water partition coefficient (Wildman–Crippen LogP) is 4.62. The highest BCUT2D eigenvalue weighted by Gasteiger charge is 2.15. The largest absolute Gasteiger partial charge is 0.497 e. The average Bonchev–Trinajstić information content (AvgIpc) is 3.47. The summed E-state index contributed by atoms with van der Waals surface area (Å²) in [6.45, 7) is 4.12. The number of nitrogens with zero attached hydrogens (tertiary/aromatic N) is 5. The quantitative estimate of drug-likeness (QED) is 0.369. The third-order valence-corrected chi connectivity index (χ3v) is 6.93. The molecule has 4 aromatic rings. The number of benzene rings is 2. The van der Waals surface area contributed by atoms with E-state index < -0.39 is 0 Å². The molecule has 2 aliphatic rings. The second-order valence-electron chi connectivity index (χ2n) is 9.38. The van der Waals surface area contributed by atoms with Crippen molar-refractivity contribution in [3.63, 3.8) is 0 Å². The van der Waals surface area contributed by atoms with Crippen LogP contribution in [-0.2, 0) is 0 Å². The lowest BCUT2D eigenvalue weighted by Gasteiger charge is -2.33. The van der Waals surface area contributed by atoms with Crippen LogP contribution in [0, 0.1) is 0 Å². The van der Waals surface area contributed by atoms with Gasteiger partial charge in [-0.25, -0.2) is 4.98 Å². The highest BCUT2D eigenvalue weighted by atomic mass is 35.5. The monoisotopic (exact) mass is 564 g/mol. The molecule has 2 aromatic heterocycles. The number of pyridine rings is 1. The van der Waals surface area contributed by atoms with E-state index in [0.29, 0.717) is 5.56 Å². The summed E-state index contributed by atoms with van der Waals surface area (Å²) < 4.78 is 5.35. The van der Waals surface area contributed by atoms with Crippen molar-refractivity contribution in [2.75, 3.05) is 45.2 Å². The zero-order chi connectivity index (χ0) is 25.4. The number of rotatable bonds is 5. The van der Waals surface area contributed by atoms with Gasteiger partial charge < -0.3 is 24.6 Å². The van der Waals surface area contributed by atoms with Crippen LogP contribution in [0.3, 0.4) is 0 Å². The number of likely N-dealkylation sites (N-methyl/N-ethyl adjacent to an activating group) is 1. The van der Waals surface area contributed by atoms with Gasteiger partial charge in [0.25, 0.3) is 0 Å². The molecule has 0 spiro atoms. The fourth-order valence-corrected chi connectivity index (χ4v) is 4.73. The van der Waals surface area contributed by atoms with Crippen LogP contribution in [0.15, 0.2) is 71.0 Å². The fourth-order valence-electron chi connectivity index (χ4n) is 4.73. The molecule has 8 nitrogen and oxygen atoms in total. The van der Waals surface area contributed by atoms with Crippen LogP contribution in [0.2, 0.25) is 0 Å². The number of halogens is 2. The molecule has 1 saturated heterocycles. The number of aromatic hydroxyl groups is 1. The lowest BCUT2D eigenvalue weighted by atomic mass is 10.1. The molecule has 2 N–H and O–H groups in total. The zero-order valence-corrected chi connectivity index (χ0v) is 23.3. The Morgan fingerprint density at radius 2 is 1.77 bits per heavy atom. The van der Waals surface area contributed by atoms with Gasteiger partial charge in [-0.15, -0.1) is 35.0 Å². The molecule has 0 amide bonds. The molecule has 0 saturated carbocycles. The summed E-state index contributed by atoms with van der Waals surface area (Å²) >= 11 is 0. The van der Waals surface area contributed by atoms with Crippen molar-refractivity contribution in [2.24, 2.45) is 10.2 Å². The van der Waals surface area contributed by atoms with Crippen molar-refractivity contribution < 1.29 is 9.84 Å². The summed E-state index contributed by atoms with van der Waals surface area (Å²) in [5.41, 5.74) is 4.18. The Kier molecular flexibility index (Phi) is 8.60. The minimum Gasteiger partial charge on any atom is -0.497 e. The summed E-state index contributed by atoms with van der Waals surface area (Å²) in [4.78, 5) is 12.3. The number of azo groups is 1. The van der Waals surface area contributed by atoms with Crippen molar-refractivity contribution in [3.8, 4) is 11.6 Å². The molecule has 39 heavy (non-hydrogen) atoms. The van der Waals surface area contributed by atoms with E-state index >= 15 is 0 Å². The maximum absolute atomic E-state index is 10.5. The van der Waals surface area contributed by atoms with Crippen molar-refractivity contribution in [1.82, 2.24) is 14.9 Å². The molecule has 0 aliphatic carbocycles. The Hall–Kier alpha value is -3.85. The number of methoxy groups -OCH3 is 1. The SMILES string of the molecule is COc1ccc2[nH]c(O)c(C=c3ccc4c(c3)N=NC=4/C=C/c3ccc(N4CCN(C)CC4)nc3)c2c1.Cl.Cl. The van der Waals surface area contributed by atoms with Gasteiger partial charge in [-0.1, -0.05) is 12.1 Å². The molecule has 0 atom stereocenters. The van der Waals surface area contributed by atoms with E-state index in [1.54, 1.807) is 7.11 Å². The van der Waals surface area contributed by atoms with Crippen molar-refractivity contribution in [3.05, 3.63) is 82.4 Å². The van der Waals surface area contributed by atoms with Gasteiger partial charge in [0.15, 0.2) is 5.88 Å². The summed E-state index contributed by atoms with van der Waals surface area (Å²) in [6, 6.07) is 15.8. The normalized spacial score (nSPS) is 15.5. The number of aromatic nitrogens is 2. The van der Waals surface area contributed by atoms with Gasteiger partial charge in [-0.3, -0.25) is 0 Å². The van der Waals surface area contributed by atoms with Crippen LogP contribution in [0.1, 0.15) is 11.1 Å². The van der Waals surface area contributed by atoms with Crippen molar-refractivity contribution in [2.45, 2.75) is 0 Å². The number of aromatic amines is 1. The first-order valence-corrected chi connectivity index (χ1v) is 12.3. The van der Waals surface area contributed by atoms with Crippen molar-refractivity contribution in [1.29, 1.82) is 0 Å². The molecule has 2 aromatic carbocycles. The van der Waals surface area contributed by atoms with Crippen molar-refractivity contribution >= 4 is 65.1 Å². The molecule has 4 heterocycles. The summed E-state index contributed by atoms with van der Waals surface area (Å²) in [5.74, 6) is 1.87. The summed E-state index contributed by atoms with van der Waals surface area (Å²) in [5, 5.41) is 22.0. The maximum Gasteiger partial charge on any atom is 0.196 e. The topological polar surface area (TPSA) is 89.3 Å². The van der Waals surface area contributed by atoms with E-state index in [2.05, 4.69) is 49.2 Å². The van der Waals surface area contributed by atoms with Crippen LogP contribution in [0.4, 0.5) is 11.5 Å². The highest BCUT2D eigenvalue weighted by molar-refractivity contribution is 5.92. The Bertz CT molecular complexity index is 1660. The lowest BCUT2D eigenvalue weighted by Crippen LogP contribution is -2.44. The Morgan fingerprint density at radius 1 is 0.949 bits per heavy atom. The average molecular weight is 566 g/mol. The predicted molar refractivity (Wildman–Crippen MR) is 161 cm³/mol. The molecule has 0 unspecified atom stereocenters. The number of ether oxygens (including phenoxy) is 1. The lowest BCUT2D eigenvalue weighted by molar-refractivity contribution is 0.312. The molecular weight excluding hydrogens is 535 g/mol. The third-order valence-electron chi connectivity index (χ3n) is 6.93. The summed E-state index contributed by atoms with van der Waals surface area (Å²) in [6.07, 6.45) is 7.83.